The van der Waals surface area contributed by atoms with Crippen molar-refractivity contribution in [3.05, 3.63) is 347 Å². The highest BCUT2D eigenvalue weighted by molar-refractivity contribution is 6.11. The summed E-state index contributed by atoms with van der Waals surface area (Å²) in [4.78, 5) is 0. The van der Waals surface area contributed by atoms with Crippen LogP contribution in [0.5, 0.6) is 0 Å². The molecule has 0 fully saturated rings. The van der Waals surface area contributed by atoms with Crippen LogP contribution in [0, 0.1) is 0 Å². The molecule has 2 aliphatic carbocycles. The Kier molecular flexibility index (Phi) is 11.1. The maximum atomic E-state index is 2.35. The number of hydrogen-bond donors (Lipinski definition) is 0. The Hall–Kier alpha value is -9.10. The molecule has 0 saturated carbocycles. The summed E-state index contributed by atoms with van der Waals surface area (Å²) in [5, 5.41) is 0. The number of allylic oxidation sites excluding steroid dienone is 2. The molecule has 0 heteroatoms. The maximum Gasteiger partial charge on any atom is 0.0358 e. The summed E-state index contributed by atoms with van der Waals surface area (Å²) in [5.41, 5.74) is 28.0. The van der Waals surface area contributed by atoms with Gasteiger partial charge in [-0.3, -0.25) is 0 Å². The third-order valence-corrected chi connectivity index (χ3v) is 14.9. The molecule has 0 radical (unpaired) electrons. The lowest BCUT2D eigenvalue weighted by molar-refractivity contribution is 1.07. The third kappa shape index (κ3) is 7.66. The number of rotatable bonds is 10. The second kappa shape index (κ2) is 18.7. The average Bonchev–Trinajstić information content (AvgIpc) is 4.01. The van der Waals surface area contributed by atoms with Crippen LogP contribution in [0.2, 0.25) is 0 Å². The fraction of sp³-hybridized carbons (Fsp3) is 0.0278. The van der Waals surface area contributed by atoms with E-state index in [-0.39, 0.29) is 11.8 Å². The molecule has 0 bridgehead atoms. The van der Waals surface area contributed by atoms with Crippen LogP contribution in [0.15, 0.2) is 291 Å². The molecular weight excluding hydrogens is 865 g/mol. The van der Waals surface area contributed by atoms with Crippen LogP contribution in [0.3, 0.4) is 0 Å². The van der Waals surface area contributed by atoms with Crippen LogP contribution in [0.1, 0.15) is 67.5 Å². The molecule has 0 aliphatic heterocycles. The van der Waals surface area contributed by atoms with Crippen LogP contribution in [-0.4, -0.2) is 0 Å². The normalized spacial score (nSPS) is 14.8. The minimum absolute atomic E-state index is 0.0634. The maximum absolute atomic E-state index is 2.35. The first-order chi connectivity index (χ1) is 35.8. The fourth-order valence-electron chi connectivity index (χ4n) is 11.7. The van der Waals surface area contributed by atoms with Crippen molar-refractivity contribution in [2.45, 2.75) is 11.8 Å². The van der Waals surface area contributed by atoms with E-state index in [1.54, 1.807) is 0 Å². The summed E-state index contributed by atoms with van der Waals surface area (Å²) in [6.07, 6.45) is 0. The van der Waals surface area contributed by atoms with E-state index in [4.69, 9.17) is 0 Å². The molecule has 0 heterocycles. The number of fused-ring (bicyclic) bond motifs is 2. The Labute approximate surface area is 423 Å². The van der Waals surface area contributed by atoms with Gasteiger partial charge in [0.25, 0.3) is 0 Å². The first-order valence-corrected chi connectivity index (χ1v) is 25.1. The van der Waals surface area contributed by atoms with Gasteiger partial charge in [-0.2, -0.15) is 0 Å². The zero-order valence-corrected chi connectivity index (χ0v) is 39.9. The Morgan fingerprint density at radius 2 is 0.444 bits per heavy atom. The van der Waals surface area contributed by atoms with Crippen molar-refractivity contribution in [2.24, 2.45) is 0 Å². The Bertz CT molecular complexity index is 3500. The highest BCUT2D eigenvalue weighted by Gasteiger charge is 2.37. The molecule has 0 amide bonds. The Balaban J connectivity index is 0.845. The van der Waals surface area contributed by atoms with Crippen molar-refractivity contribution < 1.29 is 0 Å². The average molecular weight is 915 g/mol. The van der Waals surface area contributed by atoms with E-state index >= 15 is 0 Å². The molecule has 11 aromatic rings. The topological polar surface area (TPSA) is 0 Å². The van der Waals surface area contributed by atoms with Crippen LogP contribution in [-0.2, 0) is 0 Å². The highest BCUT2D eigenvalue weighted by Crippen LogP contribution is 2.57. The lowest BCUT2D eigenvalue weighted by atomic mass is 9.83. The zero-order valence-electron chi connectivity index (χ0n) is 39.9. The SMILES string of the molecule is c1ccc(C2=C(c3ccccc3)C(c3ccc(-c4ccc(-c5ccc(C6C(c7ccccc7)=C(c7ccccc7)c7c(-c8ccccc8)cccc76)cc5)cc4)cc3)c3cccc(-c4ccccc4)c32)cc1. The van der Waals surface area contributed by atoms with Gasteiger partial charge in [0.15, 0.2) is 0 Å². The Morgan fingerprint density at radius 1 is 0.181 bits per heavy atom. The lowest BCUT2D eigenvalue weighted by Crippen LogP contribution is -2.02. The summed E-state index contributed by atoms with van der Waals surface area (Å²) < 4.78 is 0. The molecule has 72 heavy (non-hydrogen) atoms. The Morgan fingerprint density at radius 3 is 0.750 bits per heavy atom. The van der Waals surface area contributed by atoms with Crippen molar-refractivity contribution in [3.8, 4) is 44.5 Å². The number of benzene rings is 11. The largest absolute Gasteiger partial charge is 0.0622 e. The zero-order chi connectivity index (χ0) is 47.8. The minimum Gasteiger partial charge on any atom is -0.0622 e. The van der Waals surface area contributed by atoms with Gasteiger partial charge in [-0.1, -0.05) is 291 Å². The third-order valence-electron chi connectivity index (χ3n) is 14.9. The number of hydrogen-bond acceptors (Lipinski definition) is 0. The van der Waals surface area contributed by atoms with Gasteiger partial charge in [-0.15, -0.1) is 0 Å². The van der Waals surface area contributed by atoms with E-state index < -0.39 is 0 Å². The summed E-state index contributed by atoms with van der Waals surface area (Å²) >= 11 is 0. The van der Waals surface area contributed by atoms with Crippen LogP contribution < -0.4 is 0 Å². The molecule has 0 saturated heterocycles. The van der Waals surface area contributed by atoms with E-state index in [1.165, 1.54) is 122 Å². The van der Waals surface area contributed by atoms with E-state index in [0.29, 0.717) is 0 Å². The second-order valence-corrected chi connectivity index (χ2v) is 19.0. The van der Waals surface area contributed by atoms with Gasteiger partial charge in [0.05, 0.1) is 0 Å². The molecule has 0 spiro atoms. The second-order valence-electron chi connectivity index (χ2n) is 19.0. The molecule has 0 aromatic heterocycles. The predicted molar refractivity (Wildman–Crippen MR) is 302 cm³/mol. The summed E-state index contributed by atoms with van der Waals surface area (Å²) in [5.74, 6) is 0.127. The lowest BCUT2D eigenvalue weighted by Gasteiger charge is -2.19. The predicted octanol–water partition coefficient (Wildman–Crippen LogP) is 18.6. The smallest absolute Gasteiger partial charge is 0.0358 e. The van der Waals surface area contributed by atoms with Crippen LogP contribution in [0.25, 0.3) is 66.8 Å². The van der Waals surface area contributed by atoms with E-state index in [0.717, 1.165) is 0 Å². The summed E-state index contributed by atoms with van der Waals surface area (Å²) in [6.45, 7) is 0. The first kappa shape index (κ1) is 43.0. The van der Waals surface area contributed by atoms with E-state index in [9.17, 15) is 0 Å². The minimum atomic E-state index is 0.0634. The first-order valence-electron chi connectivity index (χ1n) is 25.1. The van der Waals surface area contributed by atoms with E-state index in [2.05, 4.69) is 291 Å². The molecular formula is C72H50. The molecule has 2 unspecified atom stereocenters. The summed E-state index contributed by atoms with van der Waals surface area (Å²) in [6, 6.07) is 107. The fourth-order valence-corrected chi connectivity index (χ4v) is 11.7. The molecule has 2 atom stereocenters. The van der Waals surface area contributed by atoms with Gasteiger partial charge in [0.1, 0.15) is 0 Å². The van der Waals surface area contributed by atoms with Gasteiger partial charge >= 0.3 is 0 Å². The molecule has 0 nitrogen and oxygen atoms in total. The molecule has 11 aromatic carbocycles. The van der Waals surface area contributed by atoms with Crippen molar-refractivity contribution in [3.63, 3.8) is 0 Å². The van der Waals surface area contributed by atoms with Gasteiger partial charge in [-0.05, 0) is 122 Å². The molecule has 0 N–H and O–H groups in total. The quantitative estimate of drug-likeness (QED) is 0.128. The van der Waals surface area contributed by atoms with Crippen molar-refractivity contribution in [1.82, 2.24) is 0 Å². The van der Waals surface area contributed by atoms with E-state index in [1.807, 2.05) is 0 Å². The van der Waals surface area contributed by atoms with Crippen molar-refractivity contribution >= 4 is 22.3 Å². The van der Waals surface area contributed by atoms with Crippen molar-refractivity contribution in [2.75, 3.05) is 0 Å². The molecule has 2 aliphatic rings. The highest BCUT2D eigenvalue weighted by atomic mass is 14.4. The van der Waals surface area contributed by atoms with Crippen LogP contribution in [0.4, 0.5) is 0 Å². The van der Waals surface area contributed by atoms with Gasteiger partial charge in [-0.25, -0.2) is 0 Å². The standard InChI is InChI=1S/C72H50/c1-7-21-53(22-8-1)61-33-19-35-63-65(67(55-25-11-3-12-26-55)69(71(61)63)57-29-15-5-16-30-57)59-45-41-51(42-46-59)49-37-39-50(40-38-49)52-43-47-60(48-44-52)66-64-36-20-34-62(54-23-9-2-10-24-54)72(64)70(58-31-17-6-18-32-58)68(66)56-27-13-4-14-28-56/h1-48,65-66H. The monoisotopic (exact) mass is 914 g/mol. The molecule has 13 rings (SSSR count). The van der Waals surface area contributed by atoms with Crippen LogP contribution >= 0.6 is 0 Å². The van der Waals surface area contributed by atoms with Gasteiger partial charge in [0.2, 0.25) is 0 Å². The van der Waals surface area contributed by atoms with Gasteiger partial charge < -0.3 is 0 Å². The summed E-state index contributed by atoms with van der Waals surface area (Å²) in [7, 11) is 0. The molecule has 338 valence electrons. The van der Waals surface area contributed by atoms with Crippen molar-refractivity contribution in [1.29, 1.82) is 0 Å². The van der Waals surface area contributed by atoms with Gasteiger partial charge in [0, 0.05) is 11.8 Å².